The fourth-order valence-electron chi connectivity index (χ4n) is 4.36. The summed E-state index contributed by atoms with van der Waals surface area (Å²) in [7, 11) is 0. The molecule has 2 aliphatic heterocycles. The number of benzene rings is 1. The van der Waals surface area contributed by atoms with Gasteiger partial charge >= 0.3 is 0 Å². The third-order valence-corrected chi connectivity index (χ3v) is 6.20. The van der Waals surface area contributed by atoms with Crippen molar-refractivity contribution >= 4 is 0 Å². The summed E-state index contributed by atoms with van der Waals surface area (Å²) in [6, 6.07) is 10.1. The molecule has 3 heterocycles. The molecule has 6 nitrogen and oxygen atoms in total. The van der Waals surface area contributed by atoms with E-state index in [1.54, 1.807) is 6.92 Å². The van der Waals surface area contributed by atoms with Crippen LogP contribution in [-0.4, -0.2) is 61.9 Å². The van der Waals surface area contributed by atoms with Crippen LogP contribution in [0.5, 0.6) is 0 Å². The SMILES string of the molecule is Cc1nn(-c2ccccc2)cc1CN1CCC2(CC1)OCC[C@@](C)(O)[C@@H]2O. The quantitative estimate of drug-likeness (QED) is 0.864. The first-order valence-electron chi connectivity index (χ1n) is 9.77. The van der Waals surface area contributed by atoms with Gasteiger partial charge in [-0.1, -0.05) is 18.2 Å². The highest BCUT2D eigenvalue weighted by atomic mass is 16.5. The van der Waals surface area contributed by atoms with E-state index in [1.807, 2.05) is 29.8 Å². The maximum Gasteiger partial charge on any atom is 0.111 e. The van der Waals surface area contributed by atoms with Crippen molar-refractivity contribution in [3.05, 3.63) is 47.8 Å². The number of likely N-dealkylation sites (tertiary alicyclic amines) is 1. The number of hydrogen-bond acceptors (Lipinski definition) is 5. The Hall–Kier alpha value is -1.73. The van der Waals surface area contributed by atoms with Crippen LogP contribution in [0.2, 0.25) is 0 Å². The Balaban J connectivity index is 1.42. The molecule has 2 aliphatic rings. The van der Waals surface area contributed by atoms with Gasteiger partial charge in [-0.25, -0.2) is 4.68 Å². The van der Waals surface area contributed by atoms with Crippen LogP contribution in [0.15, 0.2) is 36.5 Å². The van der Waals surface area contributed by atoms with Gasteiger partial charge in [0.05, 0.1) is 29.2 Å². The Morgan fingerprint density at radius 1 is 1.19 bits per heavy atom. The maximum atomic E-state index is 10.7. The van der Waals surface area contributed by atoms with Gasteiger partial charge in [-0.05, 0) is 38.8 Å². The van der Waals surface area contributed by atoms with Crippen molar-refractivity contribution in [2.75, 3.05) is 19.7 Å². The number of aryl methyl sites for hydroxylation is 1. The van der Waals surface area contributed by atoms with Crippen LogP contribution in [0.25, 0.3) is 5.69 Å². The zero-order chi connectivity index (χ0) is 19.1. The van der Waals surface area contributed by atoms with E-state index in [1.165, 1.54) is 5.56 Å². The number of aromatic nitrogens is 2. The molecule has 1 aromatic heterocycles. The molecular formula is C21H29N3O3. The average Bonchev–Trinajstić information content (AvgIpc) is 3.03. The topological polar surface area (TPSA) is 70.8 Å². The number of nitrogens with zero attached hydrogens (tertiary/aromatic N) is 3. The molecule has 0 saturated carbocycles. The smallest absolute Gasteiger partial charge is 0.111 e. The first-order chi connectivity index (χ1) is 12.9. The van der Waals surface area contributed by atoms with Crippen molar-refractivity contribution in [3.63, 3.8) is 0 Å². The molecule has 146 valence electrons. The minimum absolute atomic E-state index is 0.484. The molecule has 6 heteroatoms. The van der Waals surface area contributed by atoms with Crippen molar-refractivity contribution in [2.45, 2.75) is 57.0 Å². The molecule has 0 aliphatic carbocycles. The van der Waals surface area contributed by atoms with Crippen LogP contribution in [0.3, 0.4) is 0 Å². The number of piperidine rings is 1. The fourth-order valence-corrected chi connectivity index (χ4v) is 4.36. The Morgan fingerprint density at radius 3 is 2.59 bits per heavy atom. The minimum Gasteiger partial charge on any atom is -0.387 e. The molecular weight excluding hydrogens is 342 g/mol. The van der Waals surface area contributed by atoms with Crippen molar-refractivity contribution in [1.82, 2.24) is 14.7 Å². The molecule has 2 aromatic rings. The predicted molar refractivity (Wildman–Crippen MR) is 103 cm³/mol. The van der Waals surface area contributed by atoms with Crippen LogP contribution in [0, 0.1) is 6.92 Å². The summed E-state index contributed by atoms with van der Waals surface area (Å²) < 4.78 is 7.92. The summed E-state index contributed by atoms with van der Waals surface area (Å²) in [5.41, 5.74) is 1.64. The molecule has 2 N–H and O–H groups in total. The van der Waals surface area contributed by atoms with E-state index in [-0.39, 0.29) is 0 Å². The van der Waals surface area contributed by atoms with E-state index in [0.717, 1.165) is 43.9 Å². The molecule has 2 atom stereocenters. The van der Waals surface area contributed by atoms with Gasteiger partial charge in [0.1, 0.15) is 6.10 Å². The monoisotopic (exact) mass is 371 g/mol. The maximum absolute atomic E-state index is 10.7. The van der Waals surface area contributed by atoms with E-state index >= 15 is 0 Å². The lowest BCUT2D eigenvalue weighted by Gasteiger charge is -2.51. The molecule has 27 heavy (non-hydrogen) atoms. The Kier molecular flexibility index (Phi) is 4.84. The molecule has 1 aromatic carbocycles. The summed E-state index contributed by atoms with van der Waals surface area (Å²) >= 11 is 0. The van der Waals surface area contributed by atoms with Crippen LogP contribution in [0.4, 0.5) is 0 Å². The fraction of sp³-hybridized carbons (Fsp3) is 0.571. The van der Waals surface area contributed by atoms with E-state index in [9.17, 15) is 10.2 Å². The van der Waals surface area contributed by atoms with Gasteiger partial charge in [0.15, 0.2) is 0 Å². The number of ether oxygens (including phenoxy) is 1. The highest BCUT2D eigenvalue weighted by Gasteiger charge is 2.52. The van der Waals surface area contributed by atoms with Crippen molar-refractivity contribution in [3.8, 4) is 5.69 Å². The van der Waals surface area contributed by atoms with Gasteiger partial charge in [-0.2, -0.15) is 5.10 Å². The molecule has 0 bridgehead atoms. The summed E-state index contributed by atoms with van der Waals surface area (Å²) in [5, 5.41) is 25.8. The largest absolute Gasteiger partial charge is 0.387 e. The lowest BCUT2D eigenvalue weighted by molar-refractivity contribution is -0.246. The van der Waals surface area contributed by atoms with E-state index < -0.39 is 17.3 Å². The average molecular weight is 371 g/mol. The van der Waals surface area contributed by atoms with Gasteiger partial charge in [0.2, 0.25) is 0 Å². The molecule has 0 amide bonds. The Bertz CT molecular complexity index is 779. The molecule has 0 radical (unpaired) electrons. The molecule has 2 fully saturated rings. The van der Waals surface area contributed by atoms with Crippen LogP contribution >= 0.6 is 0 Å². The minimum atomic E-state index is -1.06. The van der Waals surface area contributed by atoms with Crippen molar-refractivity contribution < 1.29 is 14.9 Å². The molecule has 2 saturated heterocycles. The number of aliphatic hydroxyl groups excluding tert-OH is 1. The molecule has 1 spiro atoms. The molecule has 4 rings (SSSR count). The second kappa shape index (κ2) is 7.02. The highest BCUT2D eigenvalue weighted by Crippen LogP contribution is 2.40. The standard InChI is InChI=1S/C21H29N3O3/c1-16-17(15-24(22-16)18-6-4-3-5-7-18)14-23-11-8-21(9-12-23)19(25)20(2,26)10-13-27-21/h3-7,15,19,25-26H,8-14H2,1-2H3/t19-,20+/m0/s1. The Labute approximate surface area is 160 Å². The zero-order valence-electron chi connectivity index (χ0n) is 16.1. The number of hydrogen-bond donors (Lipinski definition) is 2. The summed E-state index contributed by atoms with van der Waals surface area (Å²) in [5.74, 6) is 0. The predicted octanol–water partition coefficient (Wildman–Crippen LogP) is 2.05. The van der Waals surface area contributed by atoms with Crippen LogP contribution < -0.4 is 0 Å². The summed E-state index contributed by atoms with van der Waals surface area (Å²) in [6.45, 7) is 6.78. The number of para-hydroxylation sites is 1. The third-order valence-electron chi connectivity index (χ3n) is 6.20. The third kappa shape index (κ3) is 3.55. The van der Waals surface area contributed by atoms with Gasteiger partial charge in [0.25, 0.3) is 0 Å². The summed E-state index contributed by atoms with van der Waals surface area (Å²) in [6.07, 6.45) is 3.22. The first kappa shape index (κ1) is 18.6. The van der Waals surface area contributed by atoms with Gasteiger partial charge in [-0.3, -0.25) is 4.90 Å². The van der Waals surface area contributed by atoms with E-state index in [4.69, 9.17) is 4.74 Å². The van der Waals surface area contributed by atoms with E-state index in [0.29, 0.717) is 13.0 Å². The number of aliphatic hydroxyl groups is 2. The van der Waals surface area contributed by atoms with Crippen molar-refractivity contribution in [2.24, 2.45) is 0 Å². The lowest BCUT2D eigenvalue weighted by Crippen LogP contribution is -2.64. The normalized spacial score (nSPS) is 28.5. The second-order valence-corrected chi connectivity index (χ2v) is 8.22. The first-order valence-corrected chi connectivity index (χ1v) is 9.77. The summed E-state index contributed by atoms with van der Waals surface area (Å²) in [4.78, 5) is 2.38. The molecule has 0 unspecified atom stereocenters. The van der Waals surface area contributed by atoms with Gasteiger partial charge in [0, 0.05) is 37.8 Å². The lowest BCUT2D eigenvalue weighted by atomic mass is 9.75. The van der Waals surface area contributed by atoms with Gasteiger partial charge in [-0.15, -0.1) is 0 Å². The van der Waals surface area contributed by atoms with E-state index in [2.05, 4.69) is 28.3 Å². The highest BCUT2D eigenvalue weighted by molar-refractivity contribution is 5.32. The Morgan fingerprint density at radius 2 is 1.89 bits per heavy atom. The van der Waals surface area contributed by atoms with Crippen LogP contribution in [-0.2, 0) is 11.3 Å². The second-order valence-electron chi connectivity index (χ2n) is 8.22. The van der Waals surface area contributed by atoms with Gasteiger partial charge < -0.3 is 14.9 Å². The van der Waals surface area contributed by atoms with Crippen LogP contribution in [0.1, 0.15) is 37.4 Å². The van der Waals surface area contributed by atoms with Crippen molar-refractivity contribution in [1.29, 1.82) is 0 Å². The number of rotatable bonds is 3. The zero-order valence-corrected chi connectivity index (χ0v) is 16.1.